The summed E-state index contributed by atoms with van der Waals surface area (Å²) in [6.07, 6.45) is 5.84. The van der Waals surface area contributed by atoms with E-state index in [1.54, 1.807) is 0 Å². The molecule has 0 N–H and O–H groups in total. The topological polar surface area (TPSA) is 3.24 Å². The molecule has 1 atom stereocenters. The fraction of sp³-hybridized carbons (Fsp3) is 1.00. The highest BCUT2D eigenvalue weighted by Gasteiger charge is 2.36. The molecule has 0 aromatic heterocycles. The van der Waals surface area contributed by atoms with E-state index in [4.69, 9.17) is 0 Å². The first-order chi connectivity index (χ1) is 6.07. The van der Waals surface area contributed by atoms with Gasteiger partial charge in [0.2, 0.25) is 0 Å². The van der Waals surface area contributed by atoms with Gasteiger partial charge in [-0.2, -0.15) is 0 Å². The normalized spacial score (nSPS) is 31.2. The molecule has 1 saturated heterocycles. The number of hydrogen-bond donors (Lipinski definition) is 0. The third kappa shape index (κ3) is 2.25. The quantitative estimate of drug-likeness (QED) is 0.633. The summed E-state index contributed by atoms with van der Waals surface area (Å²) in [6, 6.07) is 0.855. The average molecular weight is 181 g/mol. The van der Waals surface area contributed by atoms with E-state index in [2.05, 4.69) is 25.7 Å². The Morgan fingerprint density at radius 1 is 1.15 bits per heavy atom. The molecule has 1 aliphatic heterocycles. The van der Waals surface area contributed by atoms with Crippen molar-refractivity contribution in [3.8, 4) is 0 Å². The summed E-state index contributed by atoms with van der Waals surface area (Å²) in [5, 5.41) is 0. The third-order valence-corrected chi connectivity index (χ3v) is 3.55. The Morgan fingerprint density at radius 3 is 2.38 bits per heavy atom. The molecule has 1 saturated carbocycles. The fourth-order valence-electron chi connectivity index (χ4n) is 2.66. The summed E-state index contributed by atoms with van der Waals surface area (Å²) in [5.41, 5.74) is 0.491. The molecule has 13 heavy (non-hydrogen) atoms. The summed E-state index contributed by atoms with van der Waals surface area (Å²) in [6.45, 7) is 9.93. The zero-order valence-corrected chi connectivity index (χ0v) is 9.34. The van der Waals surface area contributed by atoms with Crippen LogP contribution in [0.5, 0.6) is 0 Å². The lowest BCUT2D eigenvalue weighted by Crippen LogP contribution is -2.40. The fourth-order valence-corrected chi connectivity index (χ4v) is 2.66. The van der Waals surface area contributed by atoms with Gasteiger partial charge in [-0.05, 0) is 43.6 Å². The highest BCUT2D eigenvalue weighted by atomic mass is 15.2. The minimum atomic E-state index is 0.491. The van der Waals surface area contributed by atoms with Crippen LogP contribution in [-0.2, 0) is 0 Å². The molecular formula is C12H23N. The van der Waals surface area contributed by atoms with E-state index in [1.807, 2.05) is 0 Å². The maximum atomic E-state index is 2.75. The first-order valence-corrected chi connectivity index (χ1v) is 5.81. The SMILES string of the molecule is CC(C)(C)C1CCCN1CC1CC1. The second-order valence-electron chi connectivity index (χ2n) is 5.96. The van der Waals surface area contributed by atoms with Crippen molar-refractivity contribution < 1.29 is 0 Å². The van der Waals surface area contributed by atoms with Gasteiger partial charge in [0.25, 0.3) is 0 Å². The van der Waals surface area contributed by atoms with Gasteiger partial charge in [0.1, 0.15) is 0 Å². The van der Waals surface area contributed by atoms with Crippen molar-refractivity contribution in [2.24, 2.45) is 11.3 Å². The van der Waals surface area contributed by atoms with Crippen molar-refractivity contribution in [3.63, 3.8) is 0 Å². The Kier molecular flexibility index (Phi) is 2.39. The van der Waals surface area contributed by atoms with E-state index >= 15 is 0 Å². The third-order valence-electron chi connectivity index (χ3n) is 3.55. The molecule has 1 heteroatoms. The molecule has 2 fully saturated rings. The molecule has 1 nitrogen and oxygen atoms in total. The van der Waals surface area contributed by atoms with Crippen LogP contribution < -0.4 is 0 Å². The zero-order valence-electron chi connectivity index (χ0n) is 9.34. The molecule has 1 heterocycles. The van der Waals surface area contributed by atoms with Crippen molar-refractivity contribution in [1.82, 2.24) is 4.90 Å². The van der Waals surface area contributed by atoms with Crippen LogP contribution in [0.1, 0.15) is 46.5 Å². The molecule has 76 valence electrons. The van der Waals surface area contributed by atoms with E-state index in [1.165, 1.54) is 38.8 Å². The second kappa shape index (κ2) is 3.27. The molecule has 0 bridgehead atoms. The Bertz CT molecular complexity index is 176. The van der Waals surface area contributed by atoms with E-state index < -0.39 is 0 Å². The van der Waals surface area contributed by atoms with Crippen LogP contribution in [0.25, 0.3) is 0 Å². The summed E-state index contributed by atoms with van der Waals surface area (Å²) in [5.74, 6) is 1.06. The summed E-state index contributed by atoms with van der Waals surface area (Å²) < 4.78 is 0. The zero-order chi connectivity index (χ0) is 9.47. The number of rotatable bonds is 2. The number of hydrogen-bond acceptors (Lipinski definition) is 1. The van der Waals surface area contributed by atoms with Crippen LogP contribution in [0, 0.1) is 11.3 Å². The molecule has 0 aromatic carbocycles. The van der Waals surface area contributed by atoms with Crippen LogP contribution in [-0.4, -0.2) is 24.0 Å². The molecule has 0 spiro atoms. The average Bonchev–Trinajstić information content (AvgIpc) is 2.63. The van der Waals surface area contributed by atoms with Gasteiger partial charge < -0.3 is 0 Å². The molecule has 1 unspecified atom stereocenters. The van der Waals surface area contributed by atoms with E-state index in [-0.39, 0.29) is 0 Å². The molecular weight excluding hydrogens is 158 g/mol. The monoisotopic (exact) mass is 181 g/mol. The Balaban J connectivity index is 1.92. The van der Waals surface area contributed by atoms with Gasteiger partial charge in [0, 0.05) is 12.6 Å². The second-order valence-corrected chi connectivity index (χ2v) is 5.96. The predicted molar refractivity (Wildman–Crippen MR) is 56.8 cm³/mol. The lowest BCUT2D eigenvalue weighted by molar-refractivity contribution is 0.136. The Morgan fingerprint density at radius 2 is 1.85 bits per heavy atom. The molecule has 0 amide bonds. The minimum Gasteiger partial charge on any atom is -0.300 e. The highest BCUT2D eigenvalue weighted by Crippen LogP contribution is 2.37. The maximum Gasteiger partial charge on any atom is 0.0144 e. The van der Waals surface area contributed by atoms with Gasteiger partial charge in [0.15, 0.2) is 0 Å². The van der Waals surface area contributed by atoms with Crippen LogP contribution in [0.3, 0.4) is 0 Å². The van der Waals surface area contributed by atoms with Crippen molar-refractivity contribution in [2.75, 3.05) is 13.1 Å². The van der Waals surface area contributed by atoms with Crippen LogP contribution in [0.15, 0.2) is 0 Å². The summed E-state index contributed by atoms with van der Waals surface area (Å²) in [4.78, 5) is 2.75. The maximum absolute atomic E-state index is 2.75. The van der Waals surface area contributed by atoms with Crippen molar-refractivity contribution in [2.45, 2.75) is 52.5 Å². The van der Waals surface area contributed by atoms with Crippen LogP contribution in [0.4, 0.5) is 0 Å². The molecule has 0 aromatic rings. The first kappa shape index (κ1) is 9.51. The molecule has 1 aliphatic carbocycles. The van der Waals surface area contributed by atoms with Crippen LogP contribution >= 0.6 is 0 Å². The number of nitrogens with zero attached hydrogens (tertiary/aromatic N) is 1. The van der Waals surface area contributed by atoms with Gasteiger partial charge in [-0.15, -0.1) is 0 Å². The molecule has 2 aliphatic rings. The lowest BCUT2D eigenvalue weighted by atomic mass is 9.85. The van der Waals surface area contributed by atoms with Crippen molar-refractivity contribution in [1.29, 1.82) is 0 Å². The lowest BCUT2D eigenvalue weighted by Gasteiger charge is -2.35. The predicted octanol–water partition coefficient (Wildman–Crippen LogP) is 2.91. The van der Waals surface area contributed by atoms with Crippen LogP contribution in [0.2, 0.25) is 0 Å². The van der Waals surface area contributed by atoms with E-state index in [0.717, 1.165) is 12.0 Å². The largest absolute Gasteiger partial charge is 0.300 e. The number of likely N-dealkylation sites (tertiary alicyclic amines) is 1. The van der Waals surface area contributed by atoms with Gasteiger partial charge in [-0.3, -0.25) is 4.90 Å². The van der Waals surface area contributed by atoms with Gasteiger partial charge in [-0.1, -0.05) is 20.8 Å². The molecule has 2 rings (SSSR count). The summed E-state index contributed by atoms with van der Waals surface area (Å²) >= 11 is 0. The highest BCUT2D eigenvalue weighted by molar-refractivity contribution is 4.90. The minimum absolute atomic E-state index is 0.491. The van der Waals surface area contributed by atoms with Gasteiger partial charge >= 0.3 is 0 Å². The first-order valence-electron chi connectivity index (χ1n) is 5.81. The molecule has 0 radical (unpaired) electrons. The summed E-state index contributed by atoms with van der Waals surface area (Å²) in [7, 11) is 0. The Hall–Kier alpha value is -0.0400. The smallest absolute Gasteiger partial charge is 0.0144 e. The van der Waals surface area contributed by atoms with Gasteiger partial charge in [-0.25, -0.2) is 0 Å². The van der Waals surface area contributed by atoms with Crippen molar-refractivity contribution >= 4 is 0 Å². The Labute approximate surface area is 82.5 Å². The van der Waals surface area contributed by atoms with Gasteiger partial charge in [0.05, 0.1) is 0 Å². The van der Waals surface area contributed by atoms with E-state index in [9.17, 15) is 0 Å². The van der Waals surface area contributed by atoms with Crippen molar-refractivity contribution in [3.05, 3.63) is 0 Å². The standard InChI is InChI=1S/C12H23N/c1-12(2,3)11-5-4-8-13(11)9-10-6-7-10/h10-11H,4-9H2,1-3H3. The van der Waals surface area contributed by atoms with E-state index in [0.29, 0.717) is 5.41 Å².